The minimum absolute atomic E-state index is 0.177. The molecule has 0 aromatic rings. The molecule has 2 atom stereocenters. The van der Waals surface area contributed by atoms with Gasteiger partial charge in [-0.2, -0.15) is 0 Å². The molecule has 7 nitrogen and oxygen atoms in total. The van der Waals surface area contributed by atoms with Gasteiger partial charge in [0, 0.05) is 0 Å². The lowest BCUT2D eigenvalue weighted by atomic mass is 9.99. The van der Waals surface area contributed by atoms with Crippen molar-refractivity contribution in [1.29, 1.82) is 0 Å². The largest absolute Gasteiger partial charge is 0.480 e. The summed E-state index contributed by atoms with van der Waals surface area (Å²) in [4.78, 5) is 34.5. The van der Waals surface area contributed by atoms with Gasteiger partial charge in [0.2, 0.25) is 0 Å². The molecule has 3 N–H and O–H groups in total. The van der Waals surface area contributed by atoms with E-state index >= 15 is 0 Å². The van der Waals surface area contributed by atoms with Crippen LogP contribution in [0.3, 0.4) is 0 Å². The van der Waals surface area contributed by atoms with E-state index in [0.717, 1.165) is 0 Å². The maximum absolute atomic E-state index is 11.8. The highest BCUT2D eigenvalue weighted by Gasteiger charge is 2.34. The zero-order valence-corrected chi connectivity index (χ0v) is 12.6. The molecule has 0 rings (SSSR count). The average Bonchev–Trinajstić information content (AvgIpc) is 2.35. The average molecular weight is 288 g/mol. The van der Waals surface area contributed by atoms with Gasteiger partial charge < -0.3 is 20.5 Å². The fraction of sp³-hybridized carbons (Fsp3) is 0.769. The van der Waals surface area contributed by atoms with Crippen LogP contribution in [0.2, 0.25) is 0 Å². The first kappa shape index (κ1) is 18.2. The molecule has 0 saturated carbocycles. The van der Waals surface area contributed by atoms with Crippen LogP contribution in [0.1, 0.15) is 40.5 Å². The normalized spacial score (nSPS) is 15.1. The molecule has 0 aliphatic heterocycles. The summed E-state index contributed by atoms with van der Waals surface area (Å²) in [5, 5.41) is 13.9. The summed E-state index contributed by atoms with van der Waals surface area (Å²) in [6.07, 6.45) is 0.638. The van der Waals surface area contributed by atoms with E-state index < -0.39 is 29.6 Å². The number of amides is 2. The van der Waals surface area contributed by atoms with Crippen molar-refractivity contribution in [2.24, 2.45) is 5.92 Å². The van der Waals surface area contributed by atoms with Crippen molar-refractivity contribution in [2.45, 2.75) is 52.1 Å². The van der Waals surface area contributed by atoms with E-state index in [1.165, 1.54) is 14.0 Å². The number of methoxy groups -OCH3 is 1. The van der Waals surface area contributed by atoms with Crippen molar-refractivity contribution >= 4 is 18.0 Å². The third-order valence-electron chi connectivity index (χ3n) is 3.07. The summed E-state index contributed by atoms with van der Waals surface area (Å²) in [7, 11) is 1.24. The lowest BCUT2D eigenvalue weighted by Gasteiger charge is -2.26. The number of esters is 1. The second kappa shape index (κ2) is 7.72. The number of carboxylic acids is 1. The van der Waals surface area contributed by atoms with Crippen LogP contribution in [0, 0.1) is 5.92 Å². The molecule has 0 fully saturated rings. The molecule has 2 amide bonds. The SMILES string of the molecule is CCC(C)(NC(=O)NC(CC(C)C)C(=O)OC)C(=O)O. The van der Waals surface area contributed by atoms with Gasteiger partial charge in [-0.25, -0.2) is 14.4 Å². The number of hydrogen-bond acceptors (Lipinski definition) is 4. The zero-order chi connectivity index (χ0) is 15.9. The maximum atomic E-state index is 11.8. The van der Waals surface area contributed by atoms with Gasteiger partial charge in [0.1, 0.15) is 11.6 Å². The number of rotatable bonds is 7. The second-order valence-corrected chi connectivity index (χ2v) is 5.29. The van der Waals surface area contributed by atoms with Gasteiger partial charge in [-0.05, 0) is 25.7 Å². The van der Waals surface area contributed by atoms with E-state index in [9.17, 15) is 14.4 Å². The van der Waals surface area contributed by atoms with Crippen molar-refractivity contribution in [2.75, 3.05) is 7.11 Å². The smallest absolute Gasteiger partial charge is 0.329 e. The highest BCUT2D eigenvalue weighted by atomic mass is 16.5. The van der Waals surface area contributed by atoms with Gasteiger partial charge in [0.05, 0.1) is 7.11 Å². The number of carbonyl (C=O) groups is 3. The highest BCUT2D eigenvalue weighted by Crippen LogP contribution is 2.10. The van der Waals surface area contributed by atoms with Crippen LogP contribution in [0.5, 0.6) is 0 Å². The number of urea groups is 1. The van der Waals surface area contributed by atoms with Gasteiger partial charge in [-0.3, -0.25) is 0 Å². The number of ether oxygens (including phenoxy) is 1. The van der Waals surface area contributed by atoms with Crippen LogP contribution < -0.4 is 10.6 Å². The molecular formula is C13H24N2O5. The summed E-state index contributed by atoms with van der Waals surface area (Å²) >= 11 is 0. The standard InChI is InChI=1S/C13H24N2O5/c1-6-13(4,11(17)18)15-12(19)14-9(7-8(2)3)10(16)20-5/h8-9H,6-7H2,1-5H3,(H,17,18)(H2,14,15,19). The Morgan fingerprint density at radius 2 is 1.85 bits per heavy atom. The van der Waals surface area contributed by atoms with Crippen molar-refractivity contribution in [3.05, 3.63) is 0 Å². The minimum atomic E-state index is -1.37. The number of carbonyl (C=O) groups excluding carboxylic acids is 2. The molecule has 0 aromatic carbocycles. The first-order valence-electron chi connectivity index (χ1n) is 6.56. The molecule has 0 aliphatic carbocycles. The Kier molecular flexibility index (Phi) is 7.02. The predicted octanol–water partition coefficient (Wildman–Crippen LogP) is 1.13. The molecule has 0 aromatic heterocycles. The van der Waals surface area contributed by atoms with Gasteiger partial charge in [-0.15, -0.1) is 0 Å². The van der Waals surface area contributed by atoms with Crippen molar-refractivity contribution < 1.29 is 24.2 Å². The summed E-state index contributed by atoms with van der Waals surface area (Å²) in [6, 6.07) is -1.50. The van der Waals surface area contributed by atoms with Gasteiger partial charge >= 0.3 is 18.0 Å². The first-order valence-corrected chi connectivity index (χ1v) is 6.56. The molecule has 0 spiro atoms. The van der Waals surface area contributed by atoms with Crippen LogP contribution in [-0.2, 0) is 14.3 Å². The number of aliphatic carboxylic acids is 1. The first-order chi connectivity index (χ1) is 9.16. The van der Waals surface area contributed by atoms with Crippen LogP contribution in [0.4, 0.5) is 4.79 Å². The zero-order valence-electron chi connectivity index (χ0n) is 12.6. The molecule has 0 aliphatic rings. The minimum Gasteiger partial charge on any atom is -0.480 e. The summed E-state index contributed by atoms with van der Waals surface area (Å²) in [5.74, 6) is -1.51. The van der Waals surface area contributed by atoms with Crippen LogP contribution in [0.15, 0.2) is 0 Å². The lowest BCUT2D eigenvalue weighted by molar-refractivity contribution is -0.143. The van der Waals surface area contributed by atoms with E-state index in [2.05, 4.69) is 15.4 Å². The van der Waals surface area contributed by atoms with Gasteiger partial charge in [0.15, 0.2) is 0 Å². The van der Waals surface area contributed by atoms with E-state index in [0.29, 0.717) is 6.42 Å². The van der Waals surface area contributed by atoms with Crippen molar-refractivity contribution in [3.8, 4) is 0 Å². The Hall–Kier alpha value is -1.79. The molecule has 7 heteroatoms. The Bertz CT molecular complexity index is 370. The molecular weight excluding hydrogens is 264 g/mol. The summed E-state index contributed by atoms with van der Waals surface area (Å²) in [6.45, 7) is 6.87. The van der Waals surface area contributed by atoms with E-state index in [1.54, 1.807) is 6.92 Å². The quantitative estimate of drug-likeness (QED) is 0.609. The Morgan fingerprint density at radius 3 is 2.20 bits per heavy atom. The van der Waals surface area contributed by atoms with Gasteiger partial charge in [0.25, 0.3) is 0 Å². The van der Waals surface area contributed by atoms with E-state index in [-0.39, 0.29) is 12.3 Å². The Morgan fingerprint density at radius 1 is 1.30 bits per heavy atom. The third kappa shape index (κ3) is 5.46. The van der Waals surface area contributed by atoms with Gasteiger partial charge in [-0.1, -0.05) is 20.8 Å². The maximum Gasteiger partial charge on any atom is 0.329 e. The summed E-state index contributed by atoms with van der Waals surface area (Å²) in [5.41, 5.74) is -1.37. The van der Waals surface area contributed by atoms with E-state index in [1.807, 2.05) is 13.8 Å². The molecule has 20 heavy (non-hydrogen) atoms. The highest BCUT2D eigenvalue weighted by molar-refractivity contribution is 5.88. The topological polar surface area (TPSA) is 105 Å². The molecule has 0 radical (unpaired) electrons. The van der Waals surface area contributed by atoms with E-state index in [4.69, 9.17) is 5.11 Å². The Balaban J connectivity index is 4.76. The molecule has 116 valence electrons. The molecule has 0 saturated heterocycles. The molecule has 2 unspecified atom stereocenters. The number of hydrogen-bond donors (Lipinski definition) is 3. The predicted molar refractivity (Wildman–Crippen MR) is 73.3 cm³/mol. The van der Waals surface area contributed by atoms with Crippen LogP contribution >= 0.6 is 0 Å². The Labute approximate surface area is 119 Å². The van der Waals surface area contributed by atoms with Crippen molar-refractivity contribution in [1.82, 2.24) is 10.6 Å². The monoisotopic (exact) mass is 288 g/mol. The fourth-order valence-electron chi connectivity index (χ4n) is 1.57. The summed E-state index contributed by atoms with van der Waals surface area (Å²) < 4.78 is 4.62. The lowest BCUT2D eigenvalue weighted by Crippen LogP contribution is -2.57. The molecule has 0 bridgehead atoms. The third-order valence-corrected chi connectivity index (χ3v) is 3.07. The van der Waals surface area contributed by atoms with Crippen molar-refractivity contribution in [3.63, 3.8) is 0 Å². The number of carboxylic acid groups (broad SMARTS) is 1. The second-order valence-electron chi connectivity index (χ2n) is 5.29. The fourth-order valence-corrected chi connectivity index (χ4v) is 1.57. The van der Waals surface area contributed by atoms with Crippen LogP contribution in [-0.4, -0.2) is 41.8 Å². The number of nitrogens with one attached hydrogen (secondary N) is 2. The van der Waals surface area contributed by atoms with Crippen LogP contribution in [0.25, 0.3) is 0 Å². The molecule has 0 heterocycles.